The van der Waals surface area contributed by atoms with Crippen LogP contribution in [0.2, 0.25) is 20.1 Å². The Hall–Kier alpha value is -3.23. The molecule has 0 unspecified atom stereocenters. The van der Waals surface area contributed by atoms with Crippen molar-refractivity contribution in [2.24, 2.45) is 0 Å². The lowest BCUT2D eigenvalue weighted by atomic mass is 9.97. The Bertz CT molecular complexity index is 1720. The Morgan fingerprint density at radius 1 is 0.791 bits per heavy atom. The first-order chi connectivity index (χ1) is 20.5. The molecular weight excluding hydrogens is 645 g/mol. The summed E-state index contributed by atoms with van der Waals surface area (Å²) in [6.45, 7) is -0.0640. The van der Waals surface area contributed by atoms with E-state index in [1.165, 1.54) is 12.1 Å². The van der Waals surface area contributed by atoms with Crippen LogP contribution in [0.25, 0.3) is 11.1 Å². The van der Waals surface area contributed by atoms with Crippen LogP contribution in [-0.2, 0) is 24.1 Å². The number of pyridine rings is 1. The third-order valence-electron chi connectivity index (χ3n) is 6.89. The van der Waals surface area contributed by atoms with Crippen LogP contribution in [0.4, 0.5) is 13.2 Å². The molecule has 1 aliphatic carbocycles. The first-order valence-electron chi connectivity index (χ1n) is 13.1. The highest BCUT2D eigenvalue weighted by atomic mass is 35.5. The summed E-state index contributed by atoms with van der Waals surface area (Å²) in [5.41, 5.74) is 2.62. The zero-order valence-corrected chi connectivity index (χ0v) is 25.3. The normalized spacial score (nSPS) is 13.4. The van der Waals surface area contributed by atoms with Gasteiger partial charge in [0.25, 0.3) is 0 Å². The molecule has 3 aromatic carbocycles. The summed E-state index contributed by atoms with van der Waals surface area (Å²) >= 11 is 24.4. The Labute approximate surface area is 266 Å². The summed E-state index contributed by atoms with van der Waals surface area (Å²) in [6, 6.07) is 18.1. The zero-order valence-electron chi connectivity index (χ0n) is 22.3. The average molecular weight is 667 g/mol. The average Bonchev–Trinajstić information content (AvgIpc) is 3.46. The molecule has 4 nitrogen and oxygen atoms in total. The molecular formula is C32H22Cl4F3NO3. The lowest BCUT2D eigenvalue weighted by Crippen LogP contribution is -2.09. The van der Waals surface area contributed by atoms with E-state index >= 15 is 0 Å². The number of halogens is 7. The molecule has 43 heavy (non-hydrogen) atoms. The number of carbonyl (C=O) groups excluding carboxylic acids is 1. The minimum Gasteiger partial charge on any atom is -0.488 e. The van der Waals surface area contributed by atoms with Crippen molar-refractivity contribution in [3.05, 3.63) is 127 Å². The second kappa shape index (κ2) is 13.2. The van der Waals surface area contributed by atoms with E-state index in [-0.39, 0.29) is 24.7 Å². The second-order valence-electron chi connectivity index (χ2n) is 9.76. The number of hydrogen-bond acceptors (Lipinski definition) is 4. The van der Waals surface area contributed by atoms with E-state index in [2.05, 4.69) is 4.98 Å². The highest BCUT2D eigenvalue weighted by Crippen LogP contribution is 2.44. The Morgan fingerprint density at radius 2 is 1.44 bits per heavy atom. The van der Waals surface area contributed by atoms with Gasteiger partial charge >= 0.3 is 12.1 Å². The van der Waals surface area contributed by atoms with E-state index in [9.17, 15) is 18.0 Å². The molecule has 0 amide bonds. The molecule has 0 N–H and O–H groups in total. The van der Waals surface area contributed by atoms with E-state index in [1.807, 2.05) is 0 Å². The van der Waals surface area contributed by atoms with Crippen molar-refractivity contribution in [3.63, 3.8) is 0 Å². The first kappa shape index (κ1) is 31.2. The number of aromatic nitrogens is 1. The van der Waals surface area contributed by atoms with Crippen LogP contribution in [-0.4, -0.2) is 11.0 Å². The van der Waals surface area contributed by atoms with Crippen LogP contribution in [0.3, 0.4) is 0 Å². The van der Waals surface area contributed by atoms with E-state index in [0.717, 1.165) is 17.7 Å². The van der Waals surface area contributed by atoms with Gasteiger partial charge in [0.2, 0.25) is 0 Å². The molecule has 1 heterocycles. The summed E-state index contributed by atoms with van der Waals surface area (Å²) in [6.07, 6.45) is -2.81. The number of alkyl halides is 3. The van der Waals surface area contributed by atoms with Gasteiger partial charge in [-0.25, -0.2) is 9.78 Å². The second-order valence-corrected chi connectivity index (χ2v) is 11.5. The predicted molar refractivity (Wildman–Crippen MR) is 163 cm³/mol. The molecule has 222 valence electrons. The monoisotopic (exact) mass is 665 g/mol. The van der Waals surface area contributed by atoms with Crippen molar-refractivity contribution in [3.8, 4) is 5.75 Å². The molecule has 1 aliphatic rings. The van der Waals surface area contributed by atoms with Crippen LogP contribution < -0.4 is 4.74 Å². The minimum absolute atomic E-state index is 0.0220. The number of hydrogen-bond donors (Lipinski definition) is 0. The van der Waals surface area contributed by atoms with Gasteiger partial charge < -0.3 is 9.47 Å². The molecule has 5 rings (SSSR count). The Balaban J connectivity index is 1.45. The summed E-state index contributed by atoms with van der Waals surface area (Å²) in [5, 5.41) is 1.66. The van der Waals surface area contributed by atoms with Gasteiger partial charge in [0.1, 0.15) is 24.7 Å². The van der Waals surface area contributed by atoms with Gasteiger partial charge in [0.05, 0.1) is 11.3 Å². The van der Waals surface area contributed by atoms with Gasteiger partial charge in [0, 0.05) is 36.8 Å². The van der Waals surface area contributed by atoms with Crippen molar-refractivity contribution in [1.29, 1.82) is 0 Å². The molecule has 1 aromatic heterocycles. The van der Waals surface area contributed by atoms with E-state index in [0.29, 0.717) is 67.3 Å². The topological polar surface area (TPSA) is 48.4 Å². The summed E-state index contributed by atoms with van der Waals surface area (Å²) in [4.78, 5) is 17.4. The lowest BCUT2D eigenvalue weighted by Gasteiger charge is -2.17. The van der Waals surface area contributed by atoms with Gasteiger partial charge in [-0.05, 0) is 85.0 Å². The molecule has 4 aromatic rings. The van der Waals surface area contributed by atoms with Crippen LogP contribution in [0.15, 0.2) is 72.8 Å². The highest BCUT2D eigenvalue weighted by Gasteiger charge is 2.32. The Kier molecular flexibility index (Phi) is 9.57. The van der Waals surface area contributed by atoms with E-state index in [1.54, 1.807) is 48.5 Å². The third-order valence-corrected chi connectivity index (χ3v) is 8.06. The maximum atomic E-state index is 13.8. The number of rotatable bonds is 8. The smallest absolute Gasteiger partial charge is 0.416 e. The number of ether oxygens (including phenoxy) is 2. The van der Waals surface area contributed by atoms with Crippen LogP contribution >= 0.6 is 46.4 Å². The highest BCUT2D eigenvalue weighted by molar-refractivity contribution is 6.35. The van der Waals surface area contributed by atoms with Crippen LogP contribution in [0, 0.1) is 0 Å². The number of benzene rings is 3. The Morgan fingerprint density at radius 3 is 2.09 bits per heavy atom. The number of esters is 1. The molecule has 11 heteroatoms. The fraction of sp³-hybridized carbons (Fsp3) is 0.188. The van der Waals surface area contributed by atoms with Gasteiger partial charge in [-0.15, -0.1) is 0 Å². The summed E-state index contributed by atoms with van der Waals surface area (Å²) in [7, 11) is 0. The van der Waals surface area contributed by atoms with Crippen LogP contribution in [0.1, 0.15) is 57.7 Å². The summed E-state index contributed by atoms with van der Waals surface area (Å²) < 4.78 is 52.7. The van der Waals surface area contributed by atoms with E-state index in [4.69, 9.17) is 55.9 Å². The number of nitrogens with zero attached hydrogens (tertiary/aromatic N) is 1. The maximum absolute atomic E-state index is 13.8. The van der Waals surface area contributed by atoms with Crippen molar-refractivity contribution >= 4 is 63.5 Å². The largest absolute Gasteiger partial charge is 0.488 e. The first-order valence-corrected chi connectivity index (χ1v) is 14.6. The van der Waals surface area contributed by atoms with Gasteiger partial charge in [0.15, 0.2) is 0 Å². The molecule has 0 saturated carbocycles. The standard InChI is InChI=1S/C32H22Cl4F3NO3/c33-21-10-7-18(26(35)14-21)16-42-30-12-9-20(32(37,38)39)13-25(30)23-3-1-4-24(23)28-5-2-6-29(40-28)31(41)43-17-19-8-11-22(34)15-27(19)36/h2,5-15H,1,3-4,16-17H2. The van der Waals surface area contributed by atoms with Gasteiger partial charge in [-0.1, -0.05) is 64.6 Å². The van der Waals surface area contributed by atoms with Crippen molar-refractivity contribution in [1.82, 2.24) is 4.98 Å². The number of carbonyl (C=O) groups is 1. The van der Waals surface area contributed by atoms with E-state index < -0.39 is 17.7 Å². The maximum Gasteiger partial charge on any atom is 0.416 e. The molecule has 0 radical (unpaired) electrons. The molecule has 0 bridgehead atoms. The van der Waals surface area contributed by atoms with Crippen molar-refractivity contribution in [2.45, 2.75) is 38.7 Å². The van der Waals surface area contributed by atoms with Gasteiger partial charge in [-0.3, -0.25) is 0 Å². The van der Waals surface area contributed by atoms with Crippen molar-refractivity contribution < 1.29 is 27.4 Å². The fourth-order valence-electron chi connectivity index (χ4n) is 4.76. The summed E-state index contributed by atoms with van der Waals surface area (Å²) in [5.74, 6) is -0.403. The molecule has 0 saturated heterocycles. The van der Waals surface area contributed by atoms with Crippen molar-refractivity contribution in [2.75, 3.05) is 0 Å². The quantitative estimate of drug-likeness (QED) is 0.176. The molecule has 0 spiro atoms. The third kappa shape index (κ3) is 7.47. The fourth-order valence-corrected chi connectivity index (χ4v) is 5.68. The molecule has 0 atom stereocenters. The number of allylic oxidation sites excluding steroid dienone is 2. The minimum atomic E-state index is -4.55. The molecule has 0 fully saturated rings. The van der Waals surface area contributed by atoms with Gasteiger partial charge in [-0.2, -0.15) is 13.2 Å². The van der Waals surface area contributed by atoms with Crippen LogP contribution in [0.5, 0.6) is 5.75 Å². The lowest BCUT2D eigenvalue weighted by molar-refractivity contribution is -0.137. The SMILES string of the molecule is O=C(OCc1ccc(Cl)cc1Cl)c1cccc(C2=C(c3cc(C(F)(F)F)ccc3OCc3ccc(Cl)cc3Cl)CCC2)n1. The zero-order chi connectivity index (χ0) is 30.7. The predicted octanol–water partition coefficient (Wildman–Crippen LogP) is 10.7. The molecule has 0 aliphatic heterocycles.